The first-order valence-electron chi connectivity index (χ1n) is 15.7. The summed E-state index contributed by atoms with van der Waals surface area (Å²) in [7, 11) is 3.62. The van der Waals surface area contributed by atoms with Gasteiger partial charge in [-0.05, 0) is 43.2 Å². The van der Waals surface area contributed by atoms with Crippen molar-refractivity contribution in [2.75, 3.05) is 20.2 Å². The number of benzene rings is 2. The maximum atomic E-state index is 11.5. The summed E-state index contributed by atoms with van der Waals surface area (Å²) in [5.41, 5.74) is 7.49. The fourth-order valence-electron chi connectivity index (χ4n) is 6.08. The number of hydrogen-bond donors (Lipinski definition) is 4. The average molecular weight is 674 g/mol. The standard InChI is InChI=1S/C36H38Cl2N6O3/c1-21(45)16-39-18-24-20-44(2)36-26(24)10-11-30(43-36)29-6-4-5-27(33(29)37)28-13-14-41-35(34(28)38)22-7-8-23(31(15-22)47-3)17-40-19-25-9-12-32(46)42-25/h4-8,10-11,13-15,20-21,25,39-40,45H,9,12,16-19H2,1-3H3,(H,42,46)/t21-,25+/m0/s1. The van der Waals surface area contributed by atoms with Crippen LogP contribution in [0.1, 0.15) is 30.9 Å². The van der Waals surface area contributed by atoms with Crippen LogP contribution in [0.5, 0.6) is 5.75 Å². The average Bonchev–Trinajstić information content (AvgIpc) is 3.62. The van der Waals surface area contributed by atoms with E-state index in [2.05, 4.69) is 33.2 Å². The molecule has 1 saturated heterocycles. The second kappa shape index (κ2) is 14.4. The van der Waals surface area contributed by atoms with Gasteiger partial charge < -0.3 is 30.4 Å². The fourth-order valence-corrected chi connectivity index (χ4v) is 6.73. The Labute approximate surface area is 284 Å². The quantitative estimate of drug-likeness (QED) is 0.126. The van der Waals surface area contributed by atoms with Crippen molar-refractivity contribution in [3.8, 4) is 39.4 Å². The lowest BCUT2D eigenvalue weighted by atomic mass is 9.99. The van der Waals surface area contributed by atoms with E-state index in [9.17, 15) is 9.90 Å². The van der Waals surface area contributed by atoms with Crippen LogP contribution in [0.15, 0.2) is 67.0 Å². The summed E-state index contributed by atoms with van der Waals surface area (Å²) in [6.45, 7) is 4.21. The van der Waals surface area contributed by atoms with Gasteiger partial charge in [0.05, 0.1) is 34.6 Å². The van der Waals surface area contributed by atoms with Crippen LogP contribution in [-0.4, -0.2) is 57.9 Å². The summed E-state index contributed by atoms with van der Waals surface area (Å²) < 4.78 is 7.74. The normalized spacial score (nSPS) is 15.3. The van der Waals surface area contributed by atoms with Crippen molar-refractivity contribution in [3.63, 3.8) is 0 Å². The van der Waals surface area contributed by atoms with E-state index in [0.29, 0.717) is 48.3 Å². The Bertz CT molecular complexity index is 1930. The smallest absolute Gasteiger partial charge is 0.220 e. The number of ether oxygens (including phenoxy) is 1. The van der Waals surface area contributed by atoms with Crippen LogP contribution in [0, 0.1) is 0 Å². The highest BCUT2D eigenvalue weighted by atomic mass is 35.5. The molecule has 6 rings (SSSR count). The molecule has 4 N–H and O–H groups in total. The number of hydrogen-bond acceptors (Lipinski definition) is 7. The molecule has 2 atom stereocenters. The molecule has 0 aliphatic carbocycles. The second-order valence-electron chi connectivity index (χ2n) is 12.0. The lowest BCUT2D eigenvalue weighted by Crippen LogP contribution is -2.35. The molecule has 3 aromatic heterocycles. The summed E-state index contributed by atoms with van der Waals surface area (Å²) in [6.07, 6.45) is 4.81. The van der Waals surface area contributed by atoms with Crippen LogP contribution in [0.3, 0.4) is 0 Å². The van der Waals surface area contributed by atoms with Gasteiger partial charge in [0.15, 0.2) is 0 Å². The molecule has 244 valence electrons. The van der Waals surface area contributed by atoms with E-state index in [1.807, 2.05) is 60.1 Å². The minimum absolute atomic E-state index is 0.108. The molecule has 0 unspecified atom stereocenters. The lowest BCUT2D eigenvalue weighted by molar-refractivity contribution is -0.119. The highest BCUT2D eigenvalue weighted by Crippen LogP contribution is 2.42. The largest absolute Gasteiger partial charge is 0.496 e. The van der Waals surface area contributed by atoms with Crippen molar-refractivity contribution in [3.05, 3.63) is 88.2 Å². The summed E-state index contributed by atoms with van der Waals surface area (Å²) in [5, 5.41) is 21.4. The molecule has 9 nitrogen and oxygen atoms in total. The van der Waals surface area contributed by atoms with Crippen LogP contribution < -0.4 is 20.7 Å². The Balaban J connectivity index is 1.26. The Morgan fingerprint density at radius 2 is 1.83 bits per heavy atom. The van der Waals surface area contributed by atoms with Gasteiger partial charge in [-0.1, -0.05) is 53.5 Å². The summed E-state index contributed by atoms with van der Waals surface area (Å²) in [6, 6.07) is 17.9. The number of carbonyl (C=O) groups is 1. The SMILES string of the molecule is COc1cc(-c2nccc(-c3cccc(-c4ccc5c(CNC[C@H](C)O)cn(C)c5n4)c3Cl)c2Cl)ccc1CNC[C@H]1CCC(=O)N1. The molecule has 2 aromatic carbocycles. The van der Waals surface area contributed by atoms with Gasteiger partial charge in [0, 0.05) is 91.3 Å². The Hall–Kier alpha value is -3.99. The number of methoxy groups -OCH3 is 1. The zero-order valence-corrected chi connectivity index (χ0v) is 28.1. The topological polar surface area (TPSA) is 113 Å². The van der Waals surface area contributed by atoms with Gasteiger partial charge in [0.1, 0.15) is 11.4 Å². The second-order valence-corrected chi connectivity index (χ2v) is 12.7. The molecule has 1 fully saturated rings. The fraction of sp³-hybridized carbons (Fsp3) is 0.306. The van der Waals surface area contributed by atoms with E-state index in [1.54, 1.807) is 20.2 Å². The number of aromatic nitrogens is 3. The highest BCUT2D eigenvalue weighted by molar-refractivity contribution is 6.39. The van der Waals surface area contributed by atoms with Crippen molar-refractivity contribution in [1.82, 2.24) is 30.5 Å². The van der Waals surface area contributed by atoms with Crippen molar-refractivity contribution in [1.29, 1.82) is 0 Å². The summed E-state index contributed by atoms with van der Waals surface area (Å²) in [5.74, 6) is 0.828. The number of rotatable bonds is 12. The molecule has 1 aliphatic heterocycles. The van der Waals surface area contributed by atoms with Crippen molar-refractivity contribution >= 4 is 40.1 Å². The van der Waals surface area contributed by atoms with Crippen LogP contribution in [0.2, 0.25) is 10.0 Å². The first-order chi connectivity index (χ1) is 22.7. The zero-order valence-electron chi connectivity index (χ0n) is 26.6. The third-order valence-electron chi connectivity index (χ3n) is 8.47. The maximum Gasteiger partial charge on any atom is 0.220 e. The number of aliphatic hydroxyl groups excluding tert-OH is 1. The van der Waals surface area contributed by atoms with Gasteiger partial charge in [-0.15, -0.1) is 0 Å². The highest BCUT2D eigenvalue weighted by Gasteiger charge is 2.21. The zero-order chi connectivity index (χ0) is 33.1. The minimum atomic E-state index is -0.412. The number of amides is 1. The monoisotopic (exact) mass is 672 g/mol. The van der Waals surface area contributed by atoms with Gasteiger partial charge in [-0.25, -0.2) is 4.98 Å². The lowest BCUT2D eigenvalue weighted by Gasteiger charge is -2.16. The maximum absolute atomic E-state index is 11.5. The molecule has 1 amide bonds. The summed E-state index contributed by atoms with van der Waals surface area (Å²) in [4.78, 5) is 21.1. The van der Waals surface area contributed by atoms with E-state index in [1.165, 1.54) is 0 Å². The van der Waals surface area contributed by atoms with E-state index in [0.717, 1.165) is 62.3 Å². The van der Waals surface area contributed by atoms with Crippen molar-refractivity contribution in [2.24, 2.45) is 7.05 Å². The molecule has 0 spiro atoms. The molecule has 0 bridgehead atoms. The predicted molar refractivity (Wildman–Crippen MR) is 188 cm³/mol. The number of pyridine rings is 2. The Morgan fingerprint density at radius 3 is 2.60 bits per heavy atom. The molecule has 5 aromatic rings. The van der Waals surface area contributed by atoms with E-state index in [-0.39, 0.29) is 11.9 Å². The number of aliphatic hydroxyl groups is 1. The van der Waals surface area contributed by atoms with Gasteiger partial charge in [-0.2, -0.15) is 0 Å². The predicted octanol–water partition coefficient (Wildman–Crippen LogP) is 6.12. The van der Waals surface area contributed by atoms with Crippen molar-refractivity contribution < 1.29 is 14.6 Å². The summed E-state index contributed by atoms with van der Waals surface area (Å²) >= 11 is 14.2. The minimum Gasteiger partial charge on any atom is -0.496 e. The number of aryl methyl sites for hydroxylation is 1. The molecule has 0 radical (unpaired) electrons. The molecule has 47 heavy (non-hydrogen) atoms. The number of nitrogens with one attached hydrogen (secondary N) is 3. The van der Waals surface area contributed by atoms with Crippen LogP contribution in [0.25, 0.3) is 44.7 Å². The molecular weight excluding hydrogens is 635 g/mol. The van der Waals surface area contributed by atoms with Gasteiger partial charge in [0.25, 0.3) is 0 Å². The molecular formula is C36H38Cl2N6O3. The van der Waals surface area contributed by atoms with Crippen molar-refractivity contribution in [2.45, 2.75) is 45.0 Å². The first kappa shape index (κ1) is 32.9. The van der Waals surface area contributed by atoms with Gasteiger partial charge in [0.2, 0.25) is 5.91 Å². The molecule has 11 heteroatoms. The molecule has 0 saturated carbocycles. The number of nitrogens with zero attached hydrogens (tertiary/aromatic N) is 3. The number of fused-ring (bicyclic) bond motifs is 1. The van der Waals surface area contributed by atoms with Crippen LogP contribution >= 0.6 is 23.2 Å². The van der Waals surface area contributed by atoms with E-state index in [4.69, 9.17) is 32.9 Å². The number of halogens is 2. The van der Waals surface area contributed by atoms with Gasteiger partial charge in [-0.3, -0.25) is 9.78 Å². The van der Waals surface area contributed by atoms with Crippen LogP contribution in [-0.2, 0) is 24.9 Å². The first-order valence-corrected chi connectivity index (χ1v) is 16.4. The Morgan fingerprint density at radius 1 is 1.04 bits per heavy atom. The van der Waals surface area contributed by atoms with E-state index < -0.39 is 6.10 Å². The molecule has 1 aliphatic rings. The van der Waals surface area contributed by atoms with Gasteiger partial charge >= 0.3 is 0 Å². The molecule has 4 heterocycles. The van der Waals surface area contributed by atoms with Crippen LogP contribution in [0.4, 0.5) is 0 Å². The van der Waals surface area contributed by atoms with E-state index >= 15 is 0 Å². The number of carbonyl (C=O) groups excluding carboxylic acids is 1. The third-order valence-corrected chi connectivity index (χ3v) is 9.26. The third kappa shape index (κ3) is 7.15. The Kier molecular flexibility index (Phi) is 10.1.